The van der Waals surface area contributed by atoms with Gasteiger partial charge < -0.3 is 0 Å². The molecule has 0 saturated heterocycles. The van der Waals surface area contributed by atoms with Crippen molar-refractivity contribution in [1.82, 2.24) is 0 Å². The van der Waals surface area contributed by atoms with E-state index in [2.05, 4.69) is 213 Å². The average molecular weight is 869 g/mol. The molecule has 0 saturated carbocycles. The van der Waals surface area contributed by atoms with Gasteiger partial charge in [-0.2, -0.15) is 0 Å². The molecule has 2 unspecified atom stereocenters. The molecule has 13 rings (SSSR count). The molecule has 324 valence electrons. The van der Waals surface area contributed by atoms with Gasteiger partial charge in [0.15, 0.2) is 0 Å². The minimum absolute atomic E-state index is 0.137. The summed E-state index contributed by atoms with van der Waals surface area (Å²) in [5, 5.41) is 12.7. The highest BCUT2D eigenvalue weighted by Gasteiger charge is 2.35. The van der Waals surface area contributed by atoms with E-state index in [9.17, 15) is 0 Å². The van der Waals surface area contributed by atoms with Crippen molar-refractivity contribution >= 4 is 59.8 Å². The molecular weight excluding hydrogens is 817 g/mol. The van der Waals surface area contributed by atoms with Crippen LogP contribution in [0.4, 0.5) is 0 Å². The standard InChI is InChI=1S/C68H52/c1-43-15-3-4-19-48(43)37-44(2)65-57-23-11-12-24-58(57)67(55-31-28-46-17-6-9-21-50(46)39-55)63-41-52(33-35-61(63)65)53-34-36-62-64(42-53)68(56-32-29-47-18-7-10-22-51(47)40-56)60-26-14-13-25-59(60)66(62)54-30-27-45-16-5-8-20-49(45)38-54/h3,5-8,10-18,20,22-27,29-30,32-42,61,63H,1-2,4,9,19,21,28,31H2. The minimum Gasteiger partial charge on any atom is -0.0915 e. The summed E-state index contributed by atoms with van der Waals surface area (Å²) in [6.07, 6.45) is 28.0. The molecule has 5 aliphatic rings. The van der Waals surface area contributed by atoms with Crippen LogP contribution in [0.2, 0.25) is 0 Å². The van der Waals surface area contributed by atoms with Gasteiger partial charge in [-0.1, -0.05) is 201 Å². The second-order valence-electron chi connectivity index (χ2n) is 19.4. The second kappa shape index (κ2) is 16.5. The van der Waals surface area contributed by atoms with Crippen LogP contribution >= 0.6 is 0 Å². The predicted molar refractivity (Wildman–Crippen MR) is 291 cm³/mol. The molecule has 0 fully saturated rings. The van der Waals surface area contributed by atoms with Gasteiger partial charge in [0.1, 0.15) is 0 Å². The lowest BCUT2D eigenvalue weighted by Crippen LogP contribution is -2.40. The van der Waals surface area contributed by atoms with E-state index in [-0.39, 0.29) is 11.8 Å². The first-order valence-electron chi connectivity index (χ1n) is 24.6. The Labute approximate surface area is 399 Å². The molecule has 0 aliphatic heterocycles. The zero-order valence-electron chi connectivity index (χ0n) is 38.4. The smallest absolute Gasteiger partial charge is 0.0140 e. The van der Waals surface area contributed by atoms with Crippen molar-refractivity contribution in [1.29, 1.82) is 0 Å². The fraction of sp³-hybridized carbons (Fsp3) is 0.118. The van der Waals surface area contributed by atoms with Gasteiger partial charge in [-0.15, -0.1) is 0 Å². The van der Waals surface area contributed by atoms with Crippen molar-refractivity contribution < 1.29 is 0 Å². The Morgan fingerprint density at radius 2 is 1.12 bits per heavy atom. The highest BCUT2D eigenvalue weighted by atomic mass is 14.4. The third-order valence-electron chi connectivity index (χ3n) is 15.5. The summed E-state index contributed by atoms with van der Waals surface area (Å²) in [5.74, 6) is 0.275. The van der Waals surface area contributed by atoms with E-state index < -0.39 is 0 Å². The normalized spacial score (nSPS) is 19.4. The highest BCUT2D eigenvalue weighted by molar-refractivity contribution is 6.22. The van der Waals surface area contributed by atoms with E-state index in [4.69, 9.17) is 6.58 Å². The Morgan fingerprint density at radius 1 is 0.500 bits per heavy atom. The van der Waals surface area contributed by atoms with Crippen LogP contribution in [0.25, 0.3) is 82.1 Å². The molecule has 8 aromatic carbocycles. The molecule has 0 spiro atoms. The van der Waals surface area contributed by atoms with Gasteiger partial charge in [-0.25, -0.2) is 0 Å². The monoisotopic (exact) mass is 868 g/mol. The SMILES string of the molecule is C=C1C=CCCC1=CC(=C)C1=c2ccccc2=C(C2=CC3=C(C=CCC3)CC2)C2C=C(c3ccc4c(-c5ccc6ccccc6c5)c5ccccc5c(-c5ccc6ccccc6c5)c4c3)C=CC12. The zero-order valence-corrected chi connectivity index (χ0v) is 38.4. The van der Waals surface area contributed by atoms with E-state index in [1.54, 1.807) is 0 Å². The number of fused-ring (bicyclic) bond motifs is 6. The summed E-state index contributed by atoms with van der Waals surface area (Å²) >= 11 is 0. The van der Waals surface area contributed by atoms with Crippen LogP contribution < -0.4 is 10.4 Å². The molecule has 2 atom stereocenters. The van der Waals surface area contributed by atoms with Crippen molar-refractivity contribution in [2.45, 2.75) is 38.5 Å². The fourth-order valence-electron chi connectivity index (χ4n) is 12.3. The highest BCUT2D eigenvalue weighted by Crippen LogP contribution is 2.49. The molecule has 5 aliphatic carbocycles. The molecule has 0 amide bonds. The summed E-state index contributed by atoms with van der Waals surface area (Å²) in [5.41, 5.74) is 18.3. The van der Waals surface area contributed by atoms with Crippen molar-refractivity contribution in [3.8, 4) is 22.3 Å². The third-order valence-corrected chi connectivity index (χ3v) is 15.5. The molecule has 0 bridgehead atoms. The summed E-state index contributed by atoms with van der Waals surface area (Å²) in [6, 6.07) is 57.0. The zero-order chi connectivity index (χ0) is 45.3. The van der Waals surface area contributed by atoms with Crippen LogP contribution in [-0.4, -0.2) is 0 Å². The molecule has 0 nitrogen and oxygen atoms in total. The lowest BCUT2D eigenvalue weighted by atomic mass is 9.67. The van der Waals surface area contributed by atoms with Crippen molar-refractivity contribution in [3.05, 3.63) is 269 Å². The van der Waals surface area contributed by atoms with Gasteiger partial charge in [0.2, 0.25) is 0 Å². The predicted octanol–water partition coefficient (Wildman–Crippen LogP) is 16.6. The van der Waals surface area contributed by atoms with E-state index in [1.165, 1.54) is 120 Å². The first-order valence-corrected chi connectivity index (χ1v) is 24.6. The van der Waals surface area contributed by atoms with Gasteiger partial charge >= 0.3 is 0 Å². The summed E-state index contributed by atoms with van der Waals surface area (Å²) in [4.78, 5) is 0. The Balaban J connectivity index is 1.04. The average Bonchev–Trinajstić information content (AvgIpc) is 3.39. The Kier molecular flexibility index (Phi) is 9.83. The van der Waals surface area contributed by atoms with Crippen LogP contribution in [0.15, 0.2) is 253 Å². The number of hydrogen-bond acceptors (Lipinski definition) is 0. The van der Waals surface area contributed by atoms with Crippen LogP contribution in [0.5, 0.6) is 0 Å². The number of hydrogen-bond donors (Lipinski definition) is 0. The molecule has 0 heterocycles. The Morgan fingerprint density at radius 3 is 1.85 bits per heavy atom. The maximum atomic E-state index is 4.86. The van der Waals surface area contributed by atoms with E-state index >= 15 is 0 Å². The fourth-order valence-corrected chi connectivity index (χ4v) is 12.3. The summed E-state index contributed by atoms with van der Waals surface area (Å²) in [7, 11) is 0. The molecule has 0 radical (unpaired) electrons. The van der Waals surface area contributed by atoms with Crippen LogP contribution in [0.3, 0.4) is 0 Å². The van der Waals surface area contributed by atoms with Gasteiger partial charge in [0, 0.05) is 11.8 Å². The van der Waals surface area contributed by atoms with Crippen LogP contribution in [-0.2, 0) is 0 Å². The van der Waals surface area contributed by atoms with Crippen molar-refractivity contribution in [2.24, 2.45) is 11.8 Å². The molecule has 0 heteroatoms. The molecular formula is C68H52. The lowest BCUT2D eigenvalue weighted by Gasteiger charge is -2.36. The lowest BCUT2D eigenvalue weighted by molar-refractivity contribution is 0.680. The second-order valence-corrected chi connectivity index (χ2v) is 19.4. The maximum Gasteiger partial charge on any atom is 0.0140 e. The quantitative estimate of drug-likeness (QED) is 0.146. The van der Waals surface area contributed by atoms with Gasteiger partial charge in [-0.3, -0.25) is 0 Å². The van der Waals surface area contributed by atoms with E-state index in [0.29, 0.717) is 0 Å². The van der Waals surface area contributed by atoms with E-state index in [0.717, 1.165) is 49.7 Å². The molecule has 0 aromatic heterocycles. The van der Waals surface area contributed by atoms with Gasteiger partial charge in [-0.05, 0) is 188 Å². The third kappa shape index (κ3) is 6.81. The van der Waals surface area contributed by atoms with Crippen LogP contribution in [0.1, 0.15) is 44.1 Å². The molecule has 8 aromatic rings. The Bertz CT molecular complexity index is 3880. The van der Waals surface area contributed by atoms with Crippen LogP contribution in [0, 0.1) is 11.8 Å². The van der Waals surface area contributed by atoms with Gasteiger partial charge in [0.05, 0.1) is 0 Å². The maximum absolute atomic E-state index is 4.86. The summed E-state index contributed by atoms with van der Waals surface area (Å²) in [6.45, 7) is 9.29. The Hall–Kier alpha value is -7.80. The minimum atomic E-state index is 0.137. The van der Waals surface area contributed by atoms with E-state index in [1.807, 2.05) is 0 Å². The molecule has 68 heavy (non-hydrogen) atoms. The van der Waals surface area contributed by atoms with Gasteiger partial charge in [0.25, 0.3) is 0 Å². The summed E-state index contributed by atoms with van der Waals surface area (Å²) < 4.78 is 0. The van der Waals surface area contributed by atoms with Crippen molar-refractivity contribution in [3.63, 3.8) is 0 Å². The van der Waals surface area contributed by atoms with Crippen molar-refractivity contribution in [2.75, 3.05) is 0 Å². The topological polar surface area (TPSA) is 0 Å². The first-order chi connectivity index (χ1) is 33.5. The number of rotatable bonds is 6. The molecule has 0 N–H and O–H groups in total. The first kappa shape index (κ1) is 40.5. The number of allylic oxidation sites excluding steroid dienone is 16. The number of benzene rings is 8. The largest absolute Gasteiger partial charge is 0.0915 e.